The second-order valence-corrected chi connectivity index (χ2v) is 14.4. The van der Waals surface area contributed by atoms with Crippen molar-refractivity contribution in [3.63, 3.8) is 0 Å². The zero-order chi connectivity index (χ0) is 33.2. The monoisotopic (exact) mass is 666 g/mol. The quantitative estimate of drug-likeness (QED) is 0.0494. The summed E-state index contributed by atoms with van der Waals surface area (Å²) in [6, 6.07) is 0. The van der Waals surface area contributed by atoms with Gasteiger partial charge in [0.05, 0.1) is 0 Å². The van der Waals surface area contributed by atoms with Crippen LogP contribution in [0.4, 0.5) is 0 Å². The summed E-state index contributed by atoms with van der Waals surface area (Å²) in [5.74, 6) is 1.65. The van der Waals surface area contributed by atoms with Crippen LogP contribution in [-0.2, 0) is 9.59 Å². The second kappa shape index (κ2) is 39.5. The number of hydrogen-bond donors (Lipinski definition) is 0. The molecule has 0 aromatic carbocycles. The lowest BCUT2D eigenvalue weighted by Gasteiger charge is -2.21. The molecule has 0 aliphatic heterocycles. The van der Waals surface area contributed by atoms with E-state index in [0.29, 0.717) is 23.9 Å². The molecule has 0 saturated carbocycles. The van der Waals surface area contributed by atoms with E-state index >= 15 is 0 Å². The summed E-state index contributed by atoms with van der Waals surface area (Å²) in [5.41, 5.74) is 1.39. The van der Waals surface area contributed by atoms with E-state index in [1.165, 1.54) is 154 Å². The van der Waals surface area contributed by atoms with Crippen LogP contribution in [0.25, 0.3) is 0 Å². The van der Waals surface area contributed by atoms with Gasteiger partial charge in [0, 0.05) is 27.1 Å². The molecule has 0 aliphatic rings. The van der Waals surface area contributed by atoms with Crippen molar-refractivity contribution >= 4 is 11.6 Å². The van der Waals surface area contributed by atoms with Crippen molar-refractivity contribution in [1.29, 1.82) is 0 Å². The lowest BCUT2D eigenvalue weighted by molar-refractivity contribution is -0.119. The largest absolute Gasteiger partial charge is 0.303 e. The van der Waals surface area contributed by atoms with Crippen LogP contribution in [0.15, 0.2) is 11.6 Å². The van der Waals surface area contributed by atoms with Crippen molar-refractivity contribution in [3.05, 3.63) is 11.6 Å². The zero-order valence-corrected chi connectivity index (χ0v) is 31.5. The molecule has 0 aliphatic carbocycles. The first-order valence-corrected chi connectivity index (χ1v) is 20.4. The lowest BCUT2D eigenvalue weighted by atomic mass is 9.91. The predicted molar refractivity (Wildman–Crippen MR) is 216 cm³/mol. The Morgan fingerprint density at radius 1 is 0.532 bits per heavy atom. The third-order valence-corrected chi connectivity index (χ3v) is 9.54. The topological polar surface area (TPSA) is 37.4 Å². The fourth-order valence-electron chi connectivity index (χ4n) is 6.76. The number of allylic oxidation sites excluding steroid dienone is 2. The highest BCUT2D eigenvalue weighted by atomic mass is 16.1. The number of ketones is 2. The molecule has 3 nitrogen and oxygen atoms in total. The number of carbonyl (C=O) groups is 2. The van der Waals surface area contributed by atoms with Gasteiger partial charge in [-0.05, 0) is 76.9 Å². The molecule has 1 unspecified atom stereocenters. The Morgan fingerprint density at radius 3 is 1.43 bits per heavy atom. The number of hydrogen-bond acceptors (Lipinski definition) is 3. The van der Waals surface area contributed by atoms with Crippen LogP contribution in [0.5, 0.6) is 0 Å². The smallest absolute Gasteiger partial charge is 0.136 e. The molecule has 284 valence electrons. The van der Waals surface area contributed by atoms with Gasteiger partial charge >= 0.3 is 0 Å². The molecule has 0 heterocycles. The molecule has 0 radical (unpaired) electrons. The first kappa shape index (κ1) is 50.4. The van der Waals surface area contributed by atoms with E-state index in [1.807, 2.05) is 0 Å². The lowest BCUT2D eigenvalue weighted by Crippen LogP contribution is -2.27. The maximum absolute atomic E-state index is 12.7. The number of carbonyl (C=O) groups excluding carboxylic acids is 2. The molecule has 0 fully saturated rings. The Morgan fingerprint density at radius 2 is 0.957 bits per heavy atom. The van der Waals surface area contributed by atoms with Gasteiger partial charge in [0.2, 0.25) is 0 Å². The van der Waals surface area contributed by atoms with Gasteiger partial charge in [-0.25, -0.2) is 0 Å². The highest BCUT2D eigenvalue weighted by Crippen LogP contribution is 2.22. The summed E-state index contributed by atoms with van der Waals surface area (Å²) < 4.78 is 0. The normalized spacial score (nSPS) is 12.2. The van der Waals surface area contributed by atoms with E-state index in [0.717, 1.165) is 51.4 Å². The molecular formula is C44H91NO2. The van der Waals surface area contributed by atoms with Gasteiger partial charge in [0.25, 0.3) is 0 Å². The van der Waals surface area contributed by atoms with Crippen molar-refractivity contribution in [1.82, 2.24) is 4.90 Å². The summed E-state index contributed by atoms with van der Waals surface area (Å²) in [7, 11) is 0. The van der Waals surface area contributed by atoms with Crippen LogP contribution in [-0.4, -0.2) is 36.1 Å². The minimum absolute atomic E-state index is 0. The van der Waals surface area contributed by atoms with Gasteiger partial charge in [-0.2, -0.15) is 0 Å². The summed E-state index contributed by atoms with van der Waals surface area (Å²) >= 11 is 0. The Labute approximate surface area is 299 Å². The molecule has 0 N–H and O–H groups in total. The third-order valence-electron chi connectivity index (χ3n) is 9.54. The van der Waals surface area contributed by atoms with E-state index in [-0.39, 0.29) is 16.3 Å². The van der Waals surface area contributed by atoms with Crippen LogP contribution in [0.3, 0.4) is 0 Å². The fraction of sp³-hybridized carbons (Fsp3) is 0.909. The third kappa shape index (κ3) is 36.2. The standard InChI is InChI=1S/C42H81NO2.2CH4.H2/c1-6-10-12-13-14-15-18-24-31-41(44)32-25-19-16-21-27-35-43(34-9-4)36-28-22-17-20-26-33-42(45)38-40(29-8-3)37-39(5)30-23-11-7-2;;;/h29,39H,6-28,30-38H2,1-5H3;2*1H4;1H/b40-29+;;;. The SMILES string of the molecule is C.C.CC/C=C(/CC(=O)CCCCCCCN(CCC)CCCCCCCC(=O)CCCCCCCCCC)CC(C)CCCCC.[HH]. The summed E-state index contributed by atoms with van der Waals surface area (Å²) in [6.07, 6.45) is 36.7. The molecule has 0 aromatic rings. The Bertz CT molecular complexity index is 691. The molecule has 3 heteroatoms. The Hall–Kier alpha value is -0.960. The van der Waals surface area contributed by atoms with Gasteiger partial charge in [0.1, 0.15) is 11.6 Å². The molecular weight excluding hydrogens is 574 g/mol. The number of Topliss-reactive ketones (excluding diaryl/α,β-unsaturated/α-hetero) is 2. The number of nitrogens with zero attached hydrogens (tertiary/aromatic N) is 1. The highest BCUT2D eigenvalue weighted by Gasteiger charge is 2.11. The summed E-state index contributed by atoms with van der Waals surface area (Å²) in [4.78, 5) is 27.5. The molecule has 1 atom stereocenters. The first-order valence-electron chi connectivity index (χ1n) is 20.4. The average Bonchev–Trinajstić information content (AvgIpc) is 3.01. The Kier molecular flexibility index (Phi) is 42.3. The second-order valence-electron chi connectivity index (χ2n) is 14.4. The van der Waals surface area contributed by atoms with E-state index < -0.39 is 0 Å². The predicted octanol–water partition coefficient (Wildman–Crippen LogP) is 14.9. The molecule has 47 heavy (non-hydrogen) atoms. The van der Waals surface area contributed by atoms with Gasteiger partial charge < -0.3 is 4.90 Å². The van der Waals surface area contributed by atoms with Crippen LogP contribution < -0.4 is 0 Å². The van der Waals surface area contributed by atoms with Crippen molar-refractivity contribution in [2.75, 3.05) is 19.6 Å². The van der Waals surface area contributed by atoms with Crippen molar-refractivity contribution < 1.29 is 11.0 Å². The average molecular weight is 666 g/mol. The molecule has 0 spiro atoms. The molecule has 0 rings (SSSR count). The fourth-order valence-corrected chi connectivity index (χ4v) is 6.76. The molecule has 0 bridgehead atoms. The van der Waals surface area contributed by atoms with Crippen LogP contribution in [0, 0.1) is 5.92 Å². The maximum atomic E-state index is 12.7. The highest BCUT2D eigenvalue weighted by molar-refractivity contribution is 5.80. The van der Waals surface area contributed by atoms with E-state index in [2.05, 4.69) is 45.6 Å². The van der Waals surface area contributed by atoms with Gasteiger partial charge in [-0.15, -0.1) is 0 Å². The van der Waals surface area contributed by atoms with Gasteiger partial charge in [-0.1, -0.05) is 170 Å². The van der Waals surface area contributed by atoms with Crippen LogP contribution >= 0.6 is 0 Å². The van der Waals surface area contributed by atoms with Crippen molar-refractivity contribution in [3.8, 4) is 0 Å². The maximum Gasteiger partial charge on any atom is 0.136 e. The zero-order valence-electron chi connectivity index (χ0n) is 31.5. The minimum Gasteiger partial charge on any atom is -0.303 e. The van der Waals surface area contributed by atoms with Gasteiger partial charge in [-0.3, -0.25) is 9.59 Å². The Balaban J connectivity index is -0.00000323. The molecule has 0 saturated heterocycles. The summed E-state index contributed by atoms with van der Waals surface area (Å²) in [5, 5.41) is 0. The van der Waals surface area contributed by atoms with Gasteiger partial charge in [0.15, 0.2) is 0 Å². The number of unbranched alkanes of at least 4 members (excludes halogenated alkanes) is 17. The van der Waals surface area contributed by atoms with E-state index in [4.69, 9.17) is 0 Å². The number of rotatable bonds is 36. The molecule has 0 amide bonds. The molecule has 0 aromatic heterocycles. The van der Waals surface area contributed by atoms with Crippen molar-refractivity contribution in [2.45, 2.75) is 236 Å². The van der Waals surface area contributed by atoms with Crippen LogP contribution in [0.2, 0.25) is 0 Å². The first-order chi connectivity index (χ1) is 22.0. The van der Waals surface area contributed by atoms with Crippen LogP contribution in [0.1, 0.15) is 237 Å². The minimum atomic E-state index is 0. The van der Waals surface area contributed by atoms with Crippen molar-refractivity contribution in [2.24, 2.45) is 5.92 Å². The van der Waals surface area contributed by atoms with E-state index in [1.54, 1.807) is 0 Å². The van der Waals surface area contributed by atoms with E-state index in [9.17, 15) is 9.59 Å². The summed E-state index contributed by atoms with van der Waals surface area (Å²) in [6.45, 7) is 15.0.